The molecule has 0 bridgehead atoms. The zero-order chi connectivity index (χ0) is 23.2. The standard InChI is InChI=1S/C25H24F3NO3/c1-14(2)16-11-20-23(21(30)12-16)22-18(24(31)32-3)8-5-9-19(22)29(20)13-15-6-4-7-17(10-15)25(26,27)28/h4-10,14,16H,11-13H2,1-3H3. The molecule has 1 atom stereocenters. The Morgan fingerprint density at radius 1 is 1.16 bits per heavy atom. The highest BCUT2D eigenvalue weighted by molar-refractivity contribution is 6.16. The summed E-state index contributed by atoms with van der Waals surface area (Å²) in [6, 6.07) is 10.3. The third kappa shape index (κ3) is 3.80. The molecule has 168 valence electrons. The summed E-state index contributed by atoms with van der Waals surface area (Å²) in [6.45, 7) is 4.28. The number of ether oxygens (including phenoxy) is 1. The third-order valence-corrected chi connectivity index (χ3v) is 6.32. The molecule has 1 aliphatic rings. The van der Waals surface area contributed by atoms with Crippen LogP contribution in [0.2, 0.25) is 0 Å². The van der Waals surface area contributed by atoms with Crippen LogP contribution in [0.5, 0.6) is 0 Å². The topological polar surface area (TPSA) is 48.3 Å². The van der Waals surface area contributed by atoms with E-state index < -0.39 is 17.7 Å². The smallest absolute Gasteiger partial charge is 0.416 e. The molecule has 0 saturated carbocycles. The summed E-state index contributed by atoms with van der Waals surface area (Å²) in [5, 5.41) is 0.522. The molecule has 1 unspecified atom stereocenters. The monoisotopic (exact) mass is 443 g/mol. The number of benzene rings is 2. The molecule has 4 rings (SSSR count). The average Bonchev–Trinajstić information content (AvgIpc) is 3.07. The van der Waals surface area contributed by atoms with Crippen LogP contribution in [0, 0.1) is 11.8 Å². The molecule has 1 aliphatic carbocycles. The lowest BCUT2D eigenvalue weighted by atomic mass is 9.79. The number of methoxy groups -OCH3 is 1. The summed E-state index contributed by atoms with van der Waals surface area (Å²) in [5.41, 5.74) is 1.95. The zero-order valence-electron chi connectivity index (χ0n) is 18.1. The van der Waals surface area contributed by atoms with Crippen molar-refractivity contribution in [3.63, 3.8) is 0 Å². The molecule has 0 fully saturated rings. The fourth-order valence-electron chi connectivity index (χ4n) is 4.59. The van der Waals surface area contributed by atoms with Gasteiger partial charge in [-0.3, -0.25) is 4.79 Å². The van der Waals surface area contributed by atoms with Gasteiger partial charge in [0.05, 0.1) is 23.8 Å². The number of aromatic nitrogens is 1. The minimum atomic E-state index is -4.44. The van der Waals surface area contributed by atoms with Gasteiger partial charge in [0.15, 0.2) is 5.78 Å². The van der Waals surface area contributed by atoms with Crippen LogP contribution >= 0.6 is 0 Å². The molecule has 32 heavy (non-hydrogen) atoms. The number of hydrogen-bond acceptors (Lipinski definition) is 3. The van der Waals surface area contributed by atoms with E-state index in [4.69, 9.17) is 4.74 Å². The molecular formula is C25H24F3NO3. The Morgan fingerprint density at radius 3 is 2.53 bits per heavy atom. The van der Waals surface area contributed by atoms with Gasteiger partial charge in [0.1, 0.15) is 0 Å². The summed E-state index contributed by atoms with van der Waals surface area (Å²) in [6.07, 6.45) is -3.44. The summed E-state index contributed by atoms with van der Waals surface area (Å²) in [7, 11) is 1.28. The van der Waals surface area contributed by atoms with Gasteiger partial charge in [-0.25, -0.2) is 4.79 Å². The minimum Gasteiger partial charge on any atom is -0.465 e. The SMILES string of the molecule is COC(=O)c1cccc2c1c1c(n2Cc2cccc(C(F)(F)F)c2)CC(C(C)C)CC1=O. The average molecular weight is 443 g/mol. The molecule has 1 aromatic heterocycles. The first-order chi connectivity index (χ1) is 15.1. The number of carbonyl (C=O) groups excluding carboxylic acids is 2. The highest BCUT2D eigenvalue weighted by atomic mass is 19.4. The number of halogens is 3. The third-order valence-electron chi connectivity index (χ3n) is 6.32. The molecule has 3 aromatic rings. The van der Waals surface area contributed by atoms with Crippen molar-refractivity contribution in [1.82, 2.24) is 4.57 Å². The van der Waals surface area contributed by atoms with Gasteiger partial charge < -0.3 is 9.30 Å². The lowest BCUT2D eigenvalue weighted by molar-refractivity contribution is -0.137. The predicted molar refractivity (Wildman–Crippen MR) is 115 cm³/mol. The zero-order valence-corrected chi connectivity index (χ0v) is 18.1. The first kappa shape index (κ1) is 22.1. The Hall–Kier alpha value is -3.09. The fraction of sp³-hybridized carbons (Fsp3) is 0.360. The fourth-order valence-corrected chi connectivity index (χ4v) is 4.59. The van der Waals surface area contributed by atoms with Crippen LogP contribution in [-0.2, 0) is 23.9 Å². The highest BCUT2D eigenvalue weighted by Crippen LogP contribution is 2.39. The molecule has 1 heterocycles. The number of carbonyl (C=O) groups is 2. The Labute approximate surface area is 184 Å². The Morgan fingerprint density at radius 2 is 1.88 bits per heavy atom. The van der Waals surface area contributed by atoms with Gasteiger partial charge in [-0.2, -0.15) is 13.2 Å². The van der Waals surface area contributed by atoms with Gasteiger partial charge in [-0.15, -0.1) is 0 Å². The molecule has 0 amide bonds. The molecule has 0 spiro atoms. The van der Waals surface area contributed by atoms with E-state index >= 15 is 0 Å². The van der Waals surface area contributed by atoms with Crippen LogP contribution in [0.1, 0.15) is 57.8 Å². The van der Waals surface area contributed by atoms with Crippen LogP contribution < -0.4 is 0 Å². The number of alkyl halides is 3. The largest absolute Gasteiger partial charge is 0.465 e. The second-order valence-corrected chi connectivity index (χ2v) is 8.63. The van der Waals surface area contributed by atoms with Gasteiger partial charge in [-0.05, 0) is 48.1 Å². The maximum absolute atomic E-state index is 13.2. The van der Waals surface area contributed by atoms with Gasteiger partial charge in [0, 0.05) is 29.6 Å². The van der Waals surface area contributed by atoms with E-state index in [0.29, 0.717) is 40.4 Å². The second-order valence-electron chi connectivity index (χ2n) is 8.63. The van der Waals surface area contributed by atoms with Gasteiger partial charge in [0.25, 0.3) is 0 Å². The van der Waals surface area contributed by atoms with E-state index in [9.17, 15) is 22.8 Å². The number of hydrogen-bond donors (Lipinski definition) is 0. The molecule has 0 saturated heterocycles. The maximum atomic E-state index is 13.2. The van der Waals surface area contributed by atoms with Crippen molar-refractivity contribution < 1.29 is 27.5 Å². The lowest BCUT2D eigenvalue weighted by Gasteiger charge is -2.26. The first-order valence-electron chi connectivity index (χ1n) is 10.5. The van der Waals surface area contributed by atoms with Crippen LogP contribution in [0.3, 0.4) is 0 Å². The van der Waals surface area contributed by atoms with Crippen molar-refractivity contribution in [2.45, 2.75) is 39.4 Å². The van der Waals surface area contributed by atoms with E-state index in [-0.39, 0.29) is 24.2 Å². The van der Waals surface area contributed by atoms with Crippen LogP contribution in [-0.4, -0.2) is 23.4 Å². The van der Waals surface area contributed by atoms with Crippen LogP contribution in [0.4, 0.5) is 13.2 Å². The number of nitrogens with zero attached hydrogens (tertiary/aromatic N) is 1. The van der Waals surface area contributed by atoms with Crippen molar-refractivity contribution >= 4 is 22.7 Å². The Bertz CT molecular complexity index is 1210. The summed E-state index contributed by atoms with van der Waals surface area (Å²) in [4.78, 5) is 25.7. The van der Waals surface area contributed by atoms with Crippen molar-refractivity contribution in [3.8, 4) is 0 Å². The molecule has 0 aliphatic heterocycles. The van der Waals surface area contributed by atoms with Gasteiger partial charge in [-0.1, -0.05) is 32.0 Å². The van der Waals surface area contributed by atoms with Crippen LogP contribution in [0.15, 0.2) is 42.5 Å². The van der Waals surface area contributed by atoms with Crippen LogP contribution in [0.25, 0.3) is 10.9 Å². The summed E-state index contributed by atoms with van der Waals surface area (Å²) >= 11 is 0. The molecule has 0 radical (unpaired) electrons. The van der Waals surface area contributed by atoms with E-state index in [2.05, 4.69) is 13.8 Å². The lowest BCUT2D eigenvalue weighted by Crippen LogP contribution is -2.25. The van der Waals surface area contributed by atoms with Gasteiger partial charge >= 0.3 is 12.1 Å². The van der Waals surface area contributed by atoms with Gasteiger partial charge in [0.2, 0.25) is 0 Å². The molecule has 7 heteroatoms. The quantitative estimate of drug-likeness (QED) is 0.472. The van der Waals surface area contributed by atoms with Crippen molar-refractivity contribution in [1.29, 1.82) is 0 Å². The number of ketones is 1. The van der Waals surface area contributed by atoms with E-state index in [1.54, 1.807) is 24.3 Å². The van der Waals surface area contributed by atoms with Crippen molar-refractivity contribution in [2.75, 3.05) is 7.11 Å². The minimum absolute atomic E-state index is 0.0471. The Kier molecular flexibility index (Phi) is 5.61. The molecule has 0 N–H and O–H groups in total. The van der Waals surface area contributed by atoms with E-state index in [1.165, 1.54) is 13.2 Å². The normalized spacial score (nSPS) is 16.5. The summed E-state index contributed by atoms with van der Waals surface area (Å²) in [5.74, 6) is -0.198. The van der Waals surface area contributed by atoms with Crippen molar-refractivity contribution in [2.24, 2.45) is 11.8 Å². The maximum Gasteiger partial charge on any atom is 0.416 e. The number of rotatable bonds is 4. The molecule has 4 nitrogen and oxygen atoms in total. The number of Topliss-reactive ketones (excluding diaryl/α,β-unsaturated/α-hetero) is 1. The summed E-state index contributed by atoms with van der Waals surface area (Å²) < 4.78 is 46.5. The van der Waals surface area contributed by atoms with E-state index in [1.807, 2.05) is 4.57 Å². The second kappa shape index (κ2) is 8.11. The first-order valence-corrected chi connectivity index (χ1v) is 10.5. The number of esters is 1. The Balaban J connectivity index is 1.94. The highest BCUT2D eigenvalue weighted by Gasteiger charge is 2.35. The predicted octanol–water partition coefficient (Wildman–Crippen LogP) is 5.90. The van der Waals surface area contributed by atoms with Crippen molar-refractivity contribution in [3.05, 3.63) is 70.4 Å². The number of fused-ring (bicyclic) bond motifs is 3. The molecule has 2 aromatic carbocycles. The van der Waals surface area contributed by atoms with E-state index in [0.717, 1.165) is 17.8 Å². The molecular weight excluding hydrogens is 419 g/mol.